The Labute approximate surface area is 109 Å². The number of rotatable bonds is 3. The maximum atomic E-state index is 12.4. The summed E-state index contributed by atoms with van der Waals surface area (Å²) < 4.78 is 2.87. The highest BCUT2D eigenvalue weighted by Gasteiger charge is 2.16. The third-order valence-corrected chi connectivity index (χ3v) is 4.01. The Hall–Kier alpha value is -1.94. The highest BCUT2D eigenvalue weighted by Crippen LogP contribution is 2.27. The summed E-state index contributed by atoms with van der Waals surface area (Å²) in [6, 6.07) is 11.8. The number of fused-ring (bicyclic) bond motifs is 1. The first-order chi connectivity index (χ1) is 8.79. The molecule has 0 bridgehead atoms. The molecule has 1 aromatic carbocycles. The summed E-state index contributed by atoms with van der Waals surface area (Å²) in [5.41, 5.74) is 0.657. The maximum absolute atomic E-state index is 12.4. The molecule has 90 valence electrons. The molecule has 0 saturated carbocycles. The molecular weight excluding hydrogens is 244 g/mol. The number of thiophene rings is 1. The second kappa shape index (κ2) is 4.38. The van der Waals surface area contributed by atoms with E-state index in [1.54, 1.807) is 16.9 Å². The number of hydrogen-bond donors (Lipinski definition) is 0. The van der Waals surface area contributed by atoms with Crippen LogP contribution in [0.25, 0.3) is 10.1 Å². The van der Waals surface area contributed by atoms with E-state index in [0.717, 1.165) is 15.0 Å². The van der Waals surface area contributed by atoms with Gasteiger partial charge in [-0.1, -0.05) is 18.2 Å². The fourth-order valence-electron chi connectivity index (χ4n) is 2.00. The van der Waals surface area contributed by atoms with Gasteiger partial charge in [-0.3, -0.25) is 9.48 Å². The molecule has 0 radical (unpaired) electrons. The molecule has 3 aromatic rings. The smallest absolute Gasteiger partial charge is 0.220 e. The highest BCUT2D eigenvalue weighted by molar-refractivity contribution is 7.21. The molecule has 3 nitrogen and oxygen atoms in total. The van der Waals surface area contributed by atoms with Crippen LogP contribution in [0.15, 0.2) is 42.6 Å². The average molecular weight is 256 g/mol. The molecule has 0 unspecified atom stereocenters. The van der Waals surface area contributed by atoms with Crippen LogP contribution in [0, 0.1) is 0 Å². The fraction of sp³-hybridized carbons (Fsp3) is 0.143. The molecule has 4 heteroatoms. The van der Waals surface area contributed by atoms with E-state index in [0.29, 0.717) is 12.2 Å². The van der Waals surface area contributed by atoms with Gasteiger partial charge in [-0.2, -0.15) is 5.10 Å². The maximum Gasteiger partial charge on any atom is 0.220 e. The third kappa shape index (κ3) is 1.75. The minimum Gasteiger partial charge on any atom is -0.286 e. The Morgan fingerprint density at radius 3 is 2.94 bits per heavy atom. The number of aryl methyl sites for hydroxylation is 1. The Balaban J connectivity index is 2.06. The summed E-state index contributed by atoms with van der Waals surface area (Å²) in [5, 5.41) is 5.25. The zero-order valence-electron chi connectivity index (χ0n) is 9.96. The van der Waals surface area contributed by atoms with Gasteiger partial charge in [0.2, 0.25) is 5.78 Å². The van der Waals surface area contributed by atoms with Gasteiger partial charge in [0, 0.05) is 17.4 Å². The summed E-state index contributed by atoms with van der Waals surface area (Å²) in [5.74, 6) is 0.0514. The van der Waals surface area contributed by atoms with Crippen molar-refractivity contribution in [3.05, 3.63) is 53.2 Å². The van der Waals surface area contributed by atoms with E-state index in [1.807, 2.05) is 37.3 Å². The van der Waals surface area contributed by atoms with E-state index >= 15 is 0 Å². The van der Waals surface area contributed by atoms with Crippen molar-refractivity contribution in [3.8, 4) is 0 Å². The van der Waals surface area contributed by atoms with Crippen LogP contribution < -0.4 is 0 Å². The molecule has 0 aliphatic heterocycles. The van der Waals surface area contributed by atoms with Crippen LogP contribution in [0.1, 0.15) is 22.3 Å². The number of benzene rings is 1. The molecule has 0 spiro atoms. The monoisotopic (exact) mass is 256 g/mol. The van der Waals surface area contributed by atoms with Crippen molar-refractivity contribution < 1.29 is 4.79 Å². The van der Waals surface area contributed by atoms with Crippen molar-refractivity contribution in [1.29, 1.82) is 0 Å². The number of nitrogens with zero attached hydrogens (tertiary/aromatic N) is 2. The molecule has 0 saturated heterocycles. The molecule has 0 atom stereocenters. The molecule has 0 N–H and O–H groups in total. The summed E-state index contributed by atoms with van der Waals surface area (Å²) >= 11 is 1.53. The predicted molar refractivity (Wildman–Crippen MR) is 73.2 cm³/mol. The SMILES string of the molecule is CCn1nccc1C(=O)c1cc2ccccc2s1. The molecule has 0 fully saturated rings. The zero-order valence-corrected chi connectivity index (χ0v) is 10.8. The molecular formula is C14H12N2OS. The topological polar surface area (TPSA) is 34.9 Å². The van der Waals surface area contributed by atoms with Crippen molar-refractivity contribution >= 4 is 27.2 Å². The number of carbonyl (C=O) groups excluding carboxylic acids is 1. The van der Waals surface area contributed by atoms with Crippen LogP contribution in [0.4, 0.5) is 0 Å². The van der Waals surface area contributed by atoms with Crippen molar-refractivity contribution in [2.45, 2.75) is 13.5 Å². The lowest BCUT2D eigenvalue weighted by Crippen LogP contribution is -2.09. The minimum atomic E-state index is 0.0514. The lowest BCUT2D eigenvalue weighted by Gasteiger charge is -2.01. The van der Waals surface area contributed by atoms with Gasteiger partial charge < -0.3 is 0 Å². The normalized spacial score (nSPS) is 10.9. The van der Waals surface area contributed by atoms with Crippen LogP contribution in [0.5, 0.6) is 0 Å². The first-order valence-electron chi connectivity index (χ1n) is 5.84. The second-order valence-corrected chi connectivity index (χ2v) is 5.09. The van der Waals surface area contributed by atoms with E-state index in [9.17, 15) is 4.79 Å². The van der Waals surface area contributed by atoms with E-state index in [1.165, 1.54) is 11.3 Å². The van der Waals surface area contributed by atoms with Crippen LogP contribution >= 0.6 is 11.3 Å². The number of aromatic nitrogens is 2. The van der Waals surface area contributed by atoms with Gasteiger partial charge in [-0.05, 0) is 30.5 Å². The van der Waals surface area contributed by atoms with Gasteiger partial charge in [0.15, 0.2) is 0 Å². The van der Waals surface area contributed by atoms with Crippen molar-refractivity contribution in [2.24, 2.45) is 0 Å². The van der Waals surface area contributed by atoms with Gasteiger partial charge in [0.05, 0.1) is 4.88 Å². The summed E-state index contributed by atoms with van der Waals surface area (Å²) in [4.78, 5) is 13.2. The van der Waals surface area contributed by atoms with Crippen LogP contribution in [-0.4, -0.2) is 15.6 Å². The first kappa shape index (κ1) is 11.2. The number of ketones is 1. The van der Waals surface area contributed by atoms with Crippen molar-refractivity contribution in [3.63, 3.8) is 0 Å². The van der Waals surface area contributed by atoms with Crippen LogP contribution in [0.3, 0.4) is 0 Å². The zero-order chi connectivity index (χ0) is 12.5. The molecule has 0 aliphatic rings. The van der Waals surface area contributed by atoms with Gasteiger partial charge in [-0.25, -0.2) is 0 Å². The number of carbonyl (C=O) groups is 1. The van der Waals surface area contributed by atoms with Gasteiger partial charge in [0.25, 0.3) is 0 Å². The average Bonchev–Trinajstić information content (AvgIpc) is 3.03. The van der Waals surface area contributed by atoms with E-state index in [2.05, 4.69) is 5.10 Å². The predicted octanol–water partition coefficient (Wildman–Crippen LogP) is 3.35. The van der Waals surface area contributed by atoms with Gasteiger partial charge >= 0.3 is 0 Å². The van der Waals surface area contributed by atoms with E-state index in [-0.39, 0.29) is 5.78 Å². The Morgan fingerprint density at radius 2 is 2.17 bits per heavy atom. The van der Waals surface area contributed by atoms with Crippen molar-refractivity contribution in [1.82, 2.24) is 9.78 Å². The van der Waals surface area contributed by atoms with Gasteiger partial charge in [0.1, 0.15) is 5.69 Å². The summed E-state index contributed by atoms with van der Waals surface area (Å²) in [6.07, 6.45) is 1.67. The molecule has 2 aromatic heterocycles. The lowest BCUT2D eigenvalue weighted by atomic mass is 10.2. The molecule has 3 rings (SSSR count). The number of hydrogen-bond acceptors (Lipinski definition) is 3. The molecule has 18 heavy (non-hydrogen) atoms. The first-order valence-corrected chi connectivity index (χ1v) is 6.66. The minimum absolute atomic E-state index is 0.0514. The molecule has 2 heterocycles. The highest BCUT2D eigenvalue weighted by atomic mass is 32.1. The van der Waals surface area contributed by atoms with E-state index in [4.69, 9.17) is 0 Å². The fourth-order valence-corrected chi connectivity index (χ4v) is 3.01. The van der Waals surface area contributed by atoms with Crippen LogP contribution in [-0.2, 0) is 6.54 Å². The molecule has 0 aliphatic carbocycles. The second-order valence-electron chi connectivity index (χ2n) is 4.01. The Bertz CT molecular complexity index is 678. The molecule has 0 amide bonds. The largest absolute Gasteiger partial charge is 0.286 e. The van der Waals surface area contributed by atoms with E-state index < -0.39 is 0 Å². The van der Waals surface area contributed by atoms with Gasteiger partial charge in [-0.15, -0.1) is 11.3 Å². The Kier molecular flexibility index (Phi) is 2.72. The van der Waals surface area contributed by atoms with Crippen molar-refractivity contribution in [2.75, 3.05) is 0 Å². The summed E-state index contributed by atoms with van der Waals surface area (Å²) in [7, 11) is 0. The lowest BCUT2D eigenvalue weighted by molar-refractivity contribution is 0.103. The standard InChI is InChI=1S/C14H12N2OS/c1-2-16-11(7-8-15-16)14(17)13-9-10-5-3-4-6-12(10)18-13/h3-9H,2H2,1H3. The quantitative estimate of drug-likeness (QED) is 0.674. The third-order valence-electron chi connectivity index (χ3n) is 2.90. The summed E-state index contributed by atoms with van der Waals surface area (Å²) in [6.45, 7) is 2.69. The Morgan fingerprint density at radius 1 is 1.33 bits per heavy atom. The van der Waals surface area contributed by atoms with Crippen LogP contribution in [0.2, 0.25) is 0 Å².